The fourth-order valence-electron chi connectivity index (χ4n) is 3.12. The summed E-state index contributed by atoms with van der Waals surface area (Å²) in [5.41, 5.74) is 2.49. The summed E-state index contributed by atoms with van der Waals surface area (Å²) < 4.78 is 15.0. The lowest BCUT2D eigenvalue weighted by atomic mass is 10.2. The third-order valence-electron chi connectivity index (χ3n) is 4.38. The lowest BCUT2D eigenvalue weighted by Gasteiger charge is -2.34. The molecule has 1 aromatic carbocycles. The fourth-order valence-corrected chi connectivity index (χ4v) is 3.12. The van der Waals surface area contributed by atoms with Gasteiger partial charge in [0, 0.05) is 39.3 Å². The van der Waals surface area contributed by atoms with Gasteiger partial charge in [-0.15, -0.1) is 0 Å². The first-order valence-electron chi connectivity index (χ1n) is 8.37. The summed E-state index contributed by atoms with van der Waals surface area (Å²) in [5, 5.41) is 4.35. The molecular weight excluding hydrogens is 307 g/mol. The van der Waals surface area contributed by atoms with Crippen molar-refractivity contribution in [3.63, 3.8) is 0 Å². The van der Waals surface area contributed by atoms with E-state index in [-0.39, 0.29) is 11.7 Å². The summed E-state index contributed by atoms with van der Waals surface area (Å²) in [4.78, 5) is 16.8. The van der Waals surface area contributed by atoms with Gasteiger partial charge in [-0.25, -0.2) is 4.39 Å². The van der Waals surface area contributed by atoms with Crippen molar-refractivity contribution >= 4 is 5.91 Å². The molecule has 1 saturated heterocycles. The van der Waals surface area contributed by atoms with E-state index < -0.39 is 0 Å². The highest BCUT2D eigenvalue weighted by molar-refractivity contribution is 5.92. The van der Waals surface area contributed by atoms with E-state index in [1.165, 1.54) is 6.07 Å². The molecule has 2 heterocycles. The van der Waals surface area contributed by atoms with Gasteiger partial charge in [0.2, 0.25) is 0 Å². The van der Waals surface area contributed by atoms with Gasteiger partial charge >= 0.3 is 0 Å². The molecule has 0 radical (unpaired) electrons. The minimum atomic E-state index is -0.204. The molecule has 0 spiro atoms. The second-order valence-corrected chi connectivity index (χ2v) is 6.18. The van der Waals surface area contributed by atoms with E-state index in [4.69, 9.17) is 0 Å². The van der Waals surface area contributed by atoms with E-state index in [0.29, 0.717) is 31.9 Å². The van der Waals surface area contributed by atoms with Gasteiger partial charge in [-0.05, 0) is 37.6 Å². The Kier molecular flexibility index (Phi) is 4.94. The third-order valence-corrected chi connectivity index (χ3v) is 4.38. The van der Waals surface area contributed by atoms with Crippen molar-refractivity contribution < 1.29 is 9.18 Å². The van der Waals surface area contributed by atoms with Crippen LogP contribution >= 0.6 is 0 Å². The van der Waals surface area contributed by atoms with Crippen molar-refractivity contribution in [1.82, 2.24) is 19.6 Å². The topological polar surface area (TPSA) is 41.4 Å². The first-order valence-corrected chi connectivity index (χ1v) is 8.37. The van der Waals surface area contributed by atoms with Crippen LogP contribution in [0.5, 0.6) is 0 Å². The van der Waals surface area contributed by atoms with Crippen LogP contribution in [0.2, 0.25) is 0 Å². The average Bonchev–Trinajstić information content (AvgIpc) is 2.96. The number of benzene rings is 1. The molecule has 1 aromatic heterocycles. The monoisotopic (exact) mass is 330 g/mol. The molecule has 1 fully saturated rings. The largest absolute Gasteiger partial charge is 0.335 e. The van der Waals surface area contributed by atoms with Crippen LogP contribution < -0.4 is 0 Å². The van der Waals surface area contributed by atoms with Gasteiger partial charge in [0.25, 0.3) is 5.91 Å². The number of aromatic nitrogens is 2. The molecule has 0 saturated carbocycles. The van der Waals surface area contributed by atoms with E-state index in [1.54, 1.807) is 16.8 Å². The Balaban J connectivity index is 1.59. The Morgan fingerprint density at radius 1 is 1.21 bits per heavy atom. The maximum atomic E-state index is 13.3. The summed E-state index contributed by atoms with van der Waals surface area (Å²) >= 11 is 0. The summed E-state index contributed by atoms with van der Waals surface area (Å²) in [6.45, 7) is 8.24. The van der Waals surface area contributed by atoms with Crippen molar-refractivity contribution in [3.8, 4) is 0 Å². The Morgan fingerprint density at radius 2 is 1.96 bits per heavy atom. The Morgan fingerprint density at radius 3 is 2.62 bits per heavy atom. The molecule has 1 aliphatic heterocycles. The maximum absolute atomic E-state index is 13.3. The van der Waals surface area contributed by atoms with Crippen LogP contribution in [0.4, 0.5) is 4.39 Å². The molecule has 2 aromatic rings. The third kappa shape index (κ3) is 3.64. The highest BCUT2D eigenvalue weighted by Crippen LogP contribution is 2.13. The molecule has 1 aliphatic rings. The van der Waals surface area contributed by atoms with E-state index >= 15 is 0 Å². The molecule has 1 amide bonds. The number of hydrogen-bond acceptors (Lipinski definition) is 3. The number of aryl methyl sites for hydroxylation is 2. The second kappa shape index (κ2) is 7.13. The molecule has 3 rings (SSSR count). The Bertz CT molecular complexity index is 720. The molecule has 0 atom stereocenters. The molecule has 128 valence electrons. The van der Waals surface area contributed by atoms with Crippen molar-refractivity contribution in [2.75, 3.05) is 26.2 Å². The fraction of sp³-hybridized carbons (Fsp3) is 0.444. The molecular formula is C18H23FN4O. The predicted molar refractivity (Wildman–Crippen MR) is 90.2 cm³/mol. The number of piperazine rings is 1. The smallest absolute Gasteiger partial charge is 0.272 e. The summed E-state index contributed by atoms with van der Waals surface area (Å²) in [5.74, 6) is -0.160. The minimum Gasteiger partial charge on any atom is -0.335 e. The van der Waals surface area contributed by atoms with Gasteiger partial charge < -0.3 is 4.90 Å². The van der Waals surface area contributed by atoms with Crippen LogP contribution in [0.3, 0.4) is 0 Å². The number of amides is 1. The van der Waals surface area contributed by atoms with Crippen LogP contribution in [0.1, 0.15) is 28.7 Å². The number of halogens is 1. The van der Waals surface area contributed by atoms with E-state index in [1.807, 2.05) is 30.9 Å². The lowest BCUT2D eigenvalue weighted by molar-refractivity contribution is 0.0616. The molecule has 0 N–H and O–H groups in total. The van der Waals surface area contributed by atoms with Crippen molar-refractivity contribution in [2.24, 2.45) is 0 Å². The van der Waals surface area contributed by atoms with Crippen LogP contribution in [0.25, 0.3) is 0 Å². The molecule has 0 unspecified atom stereocenters. The quantitative estimate of drug-likeness (QED) is 0.864. The predicted octanol–water partition coefficient (Wildman–Crippen LogP) is 2.31. The van der Waals surface area contributed by atoms with E-state index in [9.17, 15) is 9.18 Å². The van der Waals surface area contributed by atoms with Crippen molar-refractivity contribution in [3.05, 3.63) is 53.1 Å². The number of rotatable bonds is 4. The van der Waals surface area contributed by atoms with Gasteiger partial charge in [0.1, 0.15) is 11.5 Å². The van der Waals surface area contributed by atoms with E-state index in [0.717, 1.165) is 24.3 Å². The standard InChI is InChI=1S/C18H23FN4O/c1-3-23-17(11-14(2)20-23)18(24)22-9-7-21(8-10-22)13-15-5-4-6-16(19)12-15/h4-6,11-12H,3,7-10,13H2,1-2H3. The van der Waals surface area contributed by atoms with Gasteiger partial charge in [-0.1, -0.05) is 12.1 Å². The molecule has 0 bridgehead atoms. The number of nitrogens with zero attached hydrogens (tertiary/aromatic N) is 4. The zero-order valence-corrected chi connectivity index (χ0v) is 14.2. The van der Waals surface area contributed by atoms with Crippen LogP contribution in [0, 0.1) is 12.7 Å². The lowest BCUT2D eigenvalue weighted by Crippen LogP contribution is -2.48. The SMILES string of the molecule is CCn1nc(C)cc1C(=O)N1CCN(Cc2cccc(F)c2)CC1. The van der Waals surface area contributed by atoms with Crippen LogP contribution in [-0.4, -0.2) is 51.7 Å². The second-order valence-electron chi connectivity index (χ2n) is 6.18. The van der Waals surface area contributed by atoms with Gasteiger partial charge in [-0.2, -0.15) is 5.10 Å². The minimum absolute atomic E-state index is 0.0443. The first-order chi connectivity index (χ1) is 11.6. The number of carbonyl (C=O) groups is 1. The highest BCUT2D eigenvalue weighted by atomic mass is 19.1. The Hall–Kier alpha value is -2.21. The Labute approximate surface area is 141 Å². The van der Waals surface area contributed by atoms with Gasteiger partial charge in [0.15, 0.2) is 0 Å². The van der Waals surface area contributed by atoms with Gasteiger partial charge in [-0.3, -0.25) is 14.4 Å². The highest BCUT2D eigenvalue weighted by Gasteiger charge is 2.24. The number of hydrogen-bond donors (Lipinski definition) is 0. The summed E-state index contributed by atoms with van der Waals surface area (Å²) in [7, 11) is 0. The zero-order valence-electron chi connectivity index (χ0n) is 14.2. The summed E-state index contributed by atoms with van der Waals surface area (Å²) in [6.07, 6.45) is 0. The first kappa shape index (κ1) is 16.6. The average molecular weight is 330 g/mol. The van der Waals surface area contributed by atoms with Crippen LogP contribution in [-0.2, 0) is 13.1 Å². The van der Waals surface area contributed by atoms with Crippen molar-refractivity contribution in [2.45, 2.75) is 26.9 Å². The summed E-state index contributed by atoms with van der Waals surface area (Å²) in [6, 6.07) is 8.55. The van der Waals surface area contributed by atoms with Crippen LogP contribution in [0.15, 0.2) is 30.3 Å². The molecule has 6 heteroatoms. The van der Waals surface area contributed by atoms with Gasteiger partial charge in [0.05, 0.1) is 5.69 Å². The molecule has 5 nitrogen and oxygen atoms in total. The normalized spacial score (nSPS) is 15.7. The zero-order chi connectivity index (χ0) is 17.1. The maximum Gasteiger partial charge on any atom is 0.272 e. The number of carbonyl (C=O) groups excluding carboxylic acids is 1. The molecule has 24 heavy (non-hydrogen) atoms. The van der Waals surface area contributed by atoms with E-state index in [2.05, 4.69) is 10.00 Å². The molecule has 0 aliphatic carbocycles. The van der Waals surface area contributed by atoms with Crippen molar-refractivity contribution in [1.29, 1.82) is 0 Å².